The molecule has 100 valence electrons. The van der Waals surface area contributed by atoms with Gasteiger partial charge in [-0.15, -0.1) is 0 Å². The third-order valence-corrected chi connectivity index (χ3v) is 9.39. The second-order valence-electron chi connectivity index (χ2n) is 3.42. The molecule has 0 aliphatic carbocycles. The molecule has 0 bridgehead atoms. The van der Waals surface area contributed by atoms with Gasteiger partial charge in [0.1, 0.15) is 0 Å². The minimum absolute atomic E-state index is 0.420. The van der Waals surface area contributed by atoms with Crippen molar-refractivity contribution in [3.8, 4) is 0 Å². The van der Waals surface area contributed by atoms with Crippen LogP contribution in [0.15, 0.2) is 0 Å². The van der Waals surface area contributed by atoms with E-state index in [9.17, 15) is 9.46 Å². The number of rotatable bonds is 6. The quantitative estimate of drug-likeness (QED) is 0.698. The molecule has 4 nitrogen and oxygen atoms in total. The molecule has 0 unspecified atom stereocenters. The van der Waals surface area contributed by atoms with Gasteiger partial charge in [-0.2, -0.15) is 0 Å². The first kappa shape index (κ1) is 18.9. The highest BCUT2D eigenvalue weighted by Gasteiger charge is 2.27. The molecule has 0 fully saturated rings. The van der Waals surface area contributed by atoms with Gasteiger partial charge in [0.25, 0.3) is 7.82 Å². The van der Waals surface area contributed by atoms with E-state index in [-0.39, 0.29) is 0 Å². The molecule has 0 aliphatic heterocycles. The summed E-state index contributed by atoms with van der Waals surface area (Å²) in [6.07, 6.45) is 5.82. The SMILES string of the molecule is CC[P+](CC)(CC)CC.COP(=O)([O-])OC. The predicted molar refractivity (Wildman–Crippen MR) is 70.7 cm³/mol. The van der Waals surface area contributed by atoms with Gasteiger partial charge in [-0.05, 0) is 27.7 Å². The van der Waals surface area contributed by atoms with Crippen LogP contribution in [0, 0.1) is 0 Å². The van der Waals surface area contributed by atoms with Crippen LogP contribution in [0.3, 0.4) is 0 Å². The highest BCUT2D eigenvalue weighted by atomic mass is 31.2. The van der Waals surface area contributed by atoms with Crippen LogP contribution in [0.4, 0.5) is 0 Å². The first-order valence-corrected chi connectivity index (χ1v) is 9.63. The molecule has 0 rings (SSSR count). The van der Waals surface area contributed by atoms with Gasteiger partial charge in [0.05, 0.1) is 24.6 Å². The average molecular weight is 272 g/mol. The van der Waals surface area contributed by atoms with Gasteiger partial charge in [-0.25, -0.2) is 0 Å². The third kappa shape index (κ3) is 7.76. The second-order valence-corrected chi connectivity index (χ2v) is 10.3. The van der Waals surface area contributed by atoms with Crippen LogP contribution < -0.4 is 4.89 Å². The molecular formula is C10H26O4P2. The molecule has 0 aromatic carbocycles. The van der Waals surface area contributed by atoms with Crippen LogP contribution in [-0.2, 0) is 13.6 Å². The Bertz CT molecular complexity index is 179. The van der Waals surface area contributed by atoms with E-state index in [0.717, 1.165) is 14.2 Å². The summed E-state index contributed by atoms with van der Waals surface area (Å²) in [6, 6.07) is 0. The van der Waals surface area contributed by atoms with Crippen LogP contribution in [0.1, 0.15) is 27.7 Å². The Kier molecular flexibility index (Phi) is 11.3. The number of hydrogen-bond donors (Lipinski definition) is 0. The van der Waals surface area contributed by atoms with Crippen LogP contribution in [0.2, 0.25) is 0 Å². The summed E-state index contributed by atoms with van der Waals surface area (Å²) in [6.45, 7) is 9.41. The first-order chi connectivity index (χ1) is 7.36. The molecule has 6 heteroatoms. The molecule has 0 N–H and O–H groups in total. The molecule has 0 saturated carbocycles. The van der Waals surface area contributed by atoms with Crippen molar-refractivity contribution in [3.05, 3.63) is 0 Å². The van der Waals surface area contributed by atoms with Gasteiger partial charge in [0.2, 0.25) is 0 Å². The topological polar surface area (TPSA) is 58.6 Å². The molecule has 0 heterocycles. The zero-order valence-corrected chi connectivity index (χ0v) is 13.1. The van der Waals surface area contributed by atoms with Gasteiger partial charge < -0.3 is 13.9 Å². The standard InChI is InChI=1S/C8H20P.C2H7O4P/c1-5-9(6-2,7-3)8-4;1-5-7(3,4)6-2/h5-8H2,1-4H3;1-2H3,(H,3,4)/q+1;/p-1. The van der Waals surface area contributed by atoms with Crippen molar-refractivity contribution in [2.45, 2.75) is 27.7 Å². The molecule has 0 aliphatic rings. The van der Waals surface area contributed by atoms with Gasteiger partial charge in [0.15, 0.2) is 0 Å². The highest BCUT2D eigenvalue weighted by Crippen LogP contribution is 2.57. The minimum atomic E-state index is -3.90. The highest BCUT2D eigenvalue weighted by molar-refractivity contribution is 7.75. The van der Waals surface area contributed by atoms with E-state index in [1.54, 1.807) is 0 Å². The predicted octanol–water partition coefficient (Wildman–Crippen LogP) is 2.83. The Labute approximate surface area is 101 Å². The van der Waals surface area contributed by atoms with Crippen LogP contribution >= 0.6 is 15.1 Å². The van der Waals surface area contributed by atoms with Crippen molar-refractivity contribution < 1.29 is 18.5 Å². The van der Waals surface area contributed by atoms with E-state index in [4.69, 9.17) is 0 Å². The van der Waals surface area contributed by atoms with Crippen LogP contribution in [0.5, 0.6) is 0 Å². The fourth-order valence-corrected chi connectivity index (χ4v) is 4.25. The minimum Gasteiger partial charge on any atom is -0.756 e. The number of hydrogen-bond acceptors (Lipinski definition) is 4. The van der Waals surface area contributed by atoms with E-state index in [1.165, 1.54) is 24.6 Å². The van der Waals surface area contributed by atoms with Crippen molar-refractivity contribution >= 4 is 15.1 Å². The van der Waals surface area contributed by atoms with Crippen molar-refractivity contribution in [2.75, 3.05) is 38.9 Å². The molecule has 0 amide bonds. The molecule has 16 heavy (non-hydrogen) atoms. The third-order valence-electron chi connectivity index (χ3n) is 3.13. The average Bonchev–Trinajstić information content (AvgIpc) is 2.34. The van der Waals surface area contributed by atoms with E-state index in [0.29, 0.717) is 0 Å². The maximum atomic E-state index is 9.95. The van der Waals surface area contributed by atoms with Crippen molar-refractivity contribution in [2.24, 2.45) is 0 Å². The summed E-state index contributed by atoms with van der Waals surface area (Å²) < 4.78 is 17.7. The molecule has 0 radical (unpaired) electrons. The monoisotopic (exact) mass is 272 g/mol. The van der Waals surface area contributed by atoms with Crippen molar-refractivity contribution in [1.29, 1.82) is 0 Å². The zero-order valence-electron chi connectivity index (χ0n) is 11.4. The Hall–Kier alpha value is 0.540. The Balaban J connectivity index is 0. The van der Waals surface area contributed by atoms with Crippen LogP contribution in [-0.4, -0.2) is 38.9 Å². The lowest BCUT2D eigenvalue weighted by atomic mass is 10.9. The summed E-state index contributed by atoms with van der Waals surface area (Å²) in [5.41, 5.74) is 0. The summed E-state index contributed by atoms with van der Waals surface area (Å²) in [4.78, 5) is 9.95. The molecular weight excluding hydrogens is 246 g/mol. The number of phosphoric acid groups is 1. The summed E-state index contributed by atoms with van der Waals surface area (Å²) in [5, 5.41) is 0. The van der Waals surface area contributed by atoms with Gasteiger partial charge in [-0.1, -0.05) is 0 Å². The Morgan fingerprint density at radius 3 is 1.19 bits per heavy atom. The maximum absolute atomic E-state index is 9.95. The van der Waals surface area contributed by atoms with Gasteiger partial charge >= 0.3 is 0 Å². The molecule has 0 aromatic heterocycles. The second kappa shape index (κ2) is 9.56. The van der Waals surface area contributed by atoms with E-state index in [2.05, 4.69) is 36.7 Å². The Morgan fingerprint density at radius 2 is 1.19 bits per heavy atom. The molecule has 0 atom stereocenters. The van der Waals surface area contributed by atoms with Crippen molar-refractivity contribution in [3.63, 3.8) is 0 Å². The first-order valence-electron chi connectivity index (χ1n) is 5.64. The van der Waals surface area contributed by atoms with E-state index >= 15 is 0 Å². The Morgan fingerprint density at radius 1 is 0.938 bits per heavy atom. The lowest BCUT2D eigenvalue weighted by Crippen LogP contribution is -2.04. The normalized spacial score (nSPS) is 11.9. The summed E-state index contributed by atoms with van der Waals surface area (Å²) in [5.74, 6) is 0. The lowest BCUT2D eigenvalue weighted by molar-refractivity contribution is -0.220. The molecule has 0 saturated heterocycles. The van der Waals surface area contributed by atoms with Crippen LogP contribution in [0.25, 0.3) is 0 Å². The fraction of sp³-hybridized carbons (Fsp3) is 1.00. The van der Waals surface area contributed by atoms with Gasteiger partial charge in [0, 0.05) is 21.5 Å². The van der Waals surface area contributed by atoms with E-state index < -0.39 is 15.1 Å². The smallest absolute Gasteiger partial charge is 0.267 e. The fourth-order valence-electron chi connectivity index (χ4n) is 1.42. The van der Waals surface area contributed by atoms with E-state index in [1.807, 2.05) is 0 Å². The lowest BCUT2D eigenvalue weighted by Gasteiger charge is -2.20. The summed E-state index contributed by atoms with van der Waals surface area (Å²) >= 11 is 0. The molecule has 0 spiro atoms. The largest absolute Gasteiger partial charge is 0.756 e. The zero-order chi connectivity index (χ0) is 13.2. The van der Waals surface area contributed by atoms with Crippen molar-refractivity contribution in [1.82, 2.24) is 0 Å². The molecule has 0 aromatic rings. The number of phosphoric ester groups is 1. The summed E-state index contributed by atoms with van der Waals surface area (Å²) in [7, 11) is -2.25. The van der Waals surface area contributed by atoms with Gasteiger partial charge in [-0.3, -0.25) is 4.57 Å². The maximum Gasteiger partial charge on any atom is 0.267 e.